The number of aryl methyl sites for hydroxylation is 1. The first kappa shape index (κ1) is 20.4. The van der Waals surface area contributed by atoms with Crippen molar-refractivity contribution in [2.45, 2.75) is 27.3 Å². The second kappa shape index (κ2) is 9.24. The lowest BCUT2D eigenvalue weighted by Crippen LogP contribution is -2.21. The zero-order valence-corrected chi connectivity index (χ0v) is 17.1. The highest BCUT2D eigenvalue weighted by atomic mass is 16.4. The van der Waals surface area contributed by atoms with Gasteiger partial charge in [-0.15, -0.1) is 0 Å². The number of hydrogen-bond donors (Lipinski definition) is 1. The molecule has 3 rings (SSSR count). The van der Waals surface area contributed by atoms with E-state index >= 15 is 0 Å². The largest absolute Gasteiger partial charge is 0.422 e. The molecule has 0 saturated carbocycles. The van der Waals surface area contributed by atoms with Gasteiger partial charge in [-0.3, -0.25) is 4.79 Å². The van der Waals surface area contributed by atoms with Gasteiger partial charge in [-0.25, -0.2) is 4.79 Å². The van der Waals surface area contributed by atoms with E-state index in [1.165, 1.54) is 12.2 Å². The molecule has 0 unspecified atom stereocenters. The molecular formula is C24H26N2O3. The van der Waals surface area contributed by atoms with E-state index in [0.29, 0.717) is 17.7 Å². The van der Waals surface area contributed by atoms with Crippen LogP contribution in [0.4, 0.5) is 5.69 Å². The molecule has 2 aromatic carbocycles. The summed E-state index contributed by atoms with van der Waals surface area (Å²) in [5.41, 5.74) is 3.34. The van der Waals surface area contributed by atoms with Gasteiger partial charge in [0.1, 0.15) is 5.58 Å². The van der Waals surface area contributed by atoms with Crippen LogP contribution in [-0.2, 0) is 11.3 Å². The van der Waals surface area contributed by atoms with Crippen LogP contribution < -0.4 is 15.8 Å². The maximum Gasteiger partial charge on any atom is 0.343 e. The van der Waals surface area contributed by atoms with Crippen molar-refractivity contribution in [2.24, 2.45) is 0 Å². The summed E-state index contributed by atoms with van der Waals surface area (Å²) in [4.78, 5) is 26.8. The summed E-state index contributed by atoms with van der Waals surface area (Å²) in [5.74, 6) is -0.260. The number of nitrogens with one attached hydrogen (secondary N) is 1. The topological polar surface area (TPSA) is 62.6 Å². The Kier molecular flexibility index (Phi) is 6.50. The van der Waals surface area contributed by atoms with Crippen LogP contribution in [0.1, 0.15) is 30.5 Å². The number of fused-ring (bicyclic) bond motifs is 1. The van der Waals surface area contributed by atoms with Gasteiger partial charge in [0.2, 0.25) is 5.91 Å². The maximum atomic E-state index is 12.5. The smallest absolute Gasteiger partial charge is 0.343 e. The molecule has 5 heteroatoms. The number of benzene rings is 2. The first-order valence-electron chi connectivity index (χ1n) is 9.85. The van der Waals surface area contributed by atoms with Crippen molar-refractivity contribution in [3.05, 3.63) is 81.7 Å². The number of carbonyl (C=O) groups is 1. The van der Waals surface area contributed by atoms with E-state index < -0.39 is 5.63 Å². The van der Waals surface area contributed by atoms with Crippen LogP contribution >= 0.6 is 0 Å². The second-order valence-corrected chi connectivity index (χ2v) is 6.82. The predicted molar refractivity (Wildman–Crippen MR) is 118 cm³/mol. The third-order valence-electron chi connectivity index (χ3n) is 5.04. The summed E-state index contributed by atoms with van der Waals surface area (Å²) in [6.45, 7) is 8.24. The molecule has 0 spiro atoms. The van der Waals surface area contributed by atoms with Crippen LogP contribution in [0.2, 0.25) is 0 Å². The fourth-order valence-corrected chi connectivity index (χ4v) is 3.34. The Labute approximate surface area is 170 Å². The van der Waals surface area contributed by atoms with Crippen molar-refractivity contribution in [3.8, 4) is 0 Å². The van der Waals surface area contributed by atoms with Gasteiger partial charge >= 0.3 is 5.63 Å². The Bertz CT molecular complexity index is 1080. The van der Waals surface area contributed by atoms with Gasteiger partial charge in [0.05, 0.1) is 5.56 Å². The van der Waals surface area contributed by atoms with E-state index in [9.17, 15) is 9.59 Å². The maximum absolute atomic E-state index is 12.5. The van der Waals surface area contributed by atoms with Crippen molar-refractivity contribution >= 4 is 28.6 Å². The number of amides is 1. The molecule has 0 atom stereocenters. The number of anilines is 1. The summed E-state index contributed by atoms with van der Waals surface area (Å²) in [7, 11) is 0. The van der Waals surface area contributed by atoms with E-state index in [1.807, 2.05) is 55.5 Å². The molecule has 0 bridgehead atoms. The Morgan fingerprint density at radius 2 is 1.83 bits per heavy atom. The zero-order valence-electron chi connectivity index (χ0n) is 17.1. The summed E-state index contributed by atoms with van der Waals surface area (Å²) in [6, 6.07) is 15.6. The van der Waals surface area contributed by atoms with Gasteiger partial charge in [-0.05, 0) is 50.1 Å². The van der Waals surface area contributed by atoms with E-state index in [1.54, 1.807) is 0 Å². The lowest BCUT2D eigenvalue weighted by molar-refractivity contribution is -0.116. The van der Waals surface area contributed by atoms with E-state index in [-0.39, 0.29) is 5.91 Å². The minimum Gasteiger partial charge on any atom is -0.422 e. The number of rotatable bonds is 7. The number of carbonyl (C=O) groups excluding carboxylic acids is 1. The van der Waals surface area contributed by atoms with Crippen molar-refractivity contribution in [1.82, 2.24) is 5.32 Å². The number of hydrogen-bond acceptors (Lipinski definition) is 4. The summed E-state index contributed by atoms with van der Waals surface area (Å²) in [6.07, 6.45) is 2.90. The van der Waals surface area contributed by atoms with Crippen molar-refractivity contribution < 1.29 is 9.21 Å². The highest BCUT2D eigenvalue weighted by molar-refractivity contribution is 5.93. The van der Waals surface area contributed by atoms with Gasteiger partial charge in [0.15, 0.2) is 0 Å². The van der Waals surface area contributed by atoms with Crippen LogP contribution in [0.5, 0.6) is 0 Å². The molecule has 3 aromatic rings. The highest BCUT2D eigenvalue weighted by Crippen LogP contribution is 2.25. The quantitative estimate of drug-likeness (QED) is 0.483. The molecule has 1 N–H and O–H groups in total. The molecule has 29 heavy (non-hydrogen) atoms. The average molecular weight is 390 g/mol. The van der Waals surface area contributed by atoms with E-state index in [2.05, 4.69) is 24.1 Å². The molecule has 0 fully saturated rings. The van der Waals surface area contributed by atoms with Crippen molar-refractivity contribution in [2.75, 3.05) is 18.0 Å². The van der Waals surface area contributed by atoms with Gasteiger partial charge in [-0.2, -0.15) is 0 Å². The van der Waals surface area contributed by atoms with Crippen molar-refractivity contribution in [3.63, 3.8) is 0 Å². The molecular weight excluding hydrogens is 364 g/mol. The van der Waals surface area contributed by atoms with Crippen molar-refractivity contribution in [1.29, 1.82) is 0 Å². The third kappa shape index (κ3) is 4.74. The summed E-state index contributed by atoms with van der Waals surface area (Å²) >= 11 is 0. The minimum absolute atomic E-state index is 0.260. The minimum atomic E-state index is -0.446. The first-order chi connectivity index (χ1) is 14.0. The van der Waals surface area contributed by atoms with Crippen LogP contribution in [0, 0.1) is 6.92 Å². The molecule has 0 aliphatic heterocycles. The summed E-state index contributed by atoms with van der Waals surface area (Å²) < 4.78 is 5.55. The van der Waals surface area contributed by atoms with Gasteiger partial charge in [0.25, 0.3) is 0 Å². The lowest BCUT2D eigenvalue weighted by atomic mass is 10.0. The number of nitrogens with zero attached hydrogens (tertiary/aromatic N) is 1. The van der Waals surface area contributed by atoms with Gasteiger partial charge in [-0.1, -0.05) is 30.3 Å². The van der Waals surface area contributed by atoms with Gasteiger partial charge in [0, 0.05) is 42.9 Å². The zero-order chi connectivity index (χ0) is 20.8. The Morgan fingerprint density at radius 1 is 1.10 bits per heavy atom. The van der Waals surface area contributed by atoms with Crippen LogP contribution in [-0.4, -0.2) is 19.0 Å². The van der Waals surface area contributed by atoms with E-state index in [0.717, 1.165) is 35.3 Å². The fraction of sp³-hybridized carbons (Fsp3) is 0.250. The SMILES string of the molecule is CCN(CC)c1ccc2c(C)c(/C=C/C(=O)NCc3ccccc3)c(=O)oc2c1. The average Bonchev–Trinajstić information content (AvgIpc) is 2.73. The van der Waals surface area contributed by atoms with Crippen LogP contribution in [0.3, 0.4) is 0 Å². The second-order valence-electron chi connectivity index (χ2n) is 6.82. The third-order valence-corrected chi connectivity index (χ3v) is 5.04. The Balaban J connectivity index is 1.82. The molecule has 0 aliphatic rings. The Hall–Kier alpha value is -3.34. The normalized spacial score (nSPS) is 11.1. The van der Waals surface area contributed by atoms with E-state index in [4.69, 9.17) is 4.42 Å². The molecule has 1 heterocycles. The highest BCUT2D eigenvalue weighted by Gasteiger charge is 2.11. The molecule has 150 valence electrons. The lowest BCUT2D eigenvalue weighted by Gasteiger charge is -2.21. The van der Waals surface area contributed by atoms with Gasteiger partial charge < -0.3 is 14.6 Å². The fourth-order valence-electron chi connectivity index (χ4n) is 3.34. The molecule has 0 saturated heterocycles. The standard InChI is InChI=1S/C24H26N2O3/c1-4-26(5-2)19-11-12-20-17(3)21(24(28)29-22(20)15-19)13-14-23(27)25-16-18-9-7-6-8-10-18/h6-15H,4-5,16H2,1-3H3,(H,25,27)/b14-13+. The van der Waals surface area contributed by atoms with Crippen LogP contribution in [0.25, 0.3) is 17.0 Å². The predicted octanol–water partition coefficient (Wildman–Crippen LogP) is 4.28. The molecule has 1 aromatic heterocycles. The monoisotopic (exact) mass is 390 g/mol. The molecule has 0 aliphatic carbocycles. The molecule has 1 amide bonds. The molecule has 0 radical (unpaired) electrons. The van der Waals surface area contributed by atoms with Crippen LogP contribution in [0.15, 0.2) is 63.8 Å². The first-order valence-corrected chi connectivity index (χ1v) is 9.85. The molecule has 5 nitrogen and oxygen atoms in total. The Morgan fingerprint density at radius 3 is 2.52 bits per heavy atom. The summed E-state index contributed by atoms with van der Waals surface area (Å²) in [5, 5.41) is 3.68.